The summed E-state index contributed by atoms with van der Waals surface area (Å²) in [5, 5.41) is 0.468. The van der Waals surface area contributed by atoms with E-state index in [0.29, 0.717) is 5.69 Å². The van der Waals surface area contributed by atoms with E-state index >= 15 is 0 Å². The number of ether oxygens (including phenoxy) is 1. The molecule has 0 saturated carbocycles. The molecule has 0 aliphatic rings. The quantitative estimate of drug-likeness (QED) is 0.807. The minimum absolute atomic E-state index is 0.130. The first-order valence-corrected chi connectivity index (χ1v) is 6.01. The Morgan fingerprint density at radius 1 is 1.28 bits per heavy atom. The lowest BCUT2D eigenvalue weighted by Gasteiger charge is -2.06. The third kappa shape index (κ3) is 3.07. The minimum Gasteiger partial charge on any atom is -0.404 e. The van der Waals surface area contributed by atoms with Gasteiger partial charge in [-0.25, -0.2) is 0 Å². The number of hydrogen-bond acceptors (Lipinski definition) is 2. The highest BCUT2D eigenvalue weighted by atomic mass is 79.9. The number of alkyl halides is 3. The summed E-state index contributed by atoms with van der Waals surface area (Å²) in [5.74, 6) is -0.130. The summed E-state index contributed by atoms with van der Waals surface area (Å²) in [6, 6.07) is 9.18. The van der Waals surface area contributed by atoms with Crippen molar-refractivity contribution in [2.75, 3.05) is 0 Å². The lowest BCUT2D eigenvalue weighted by molar-refractivity contribution is -0.0833. The van der Waals surface area contributed by atoms with E-state index in [9.17, 15) is 8.78 Å². The first kappa shape index (κ1) is 13.0. The van der Waals surface area contributed by atoms with Gasteiger partial charge in [-0.15, -0.1) is 5.10 Å². The lowest BCUT2D eigenvalue weighted by Crippen LogP contribution is -2.15. The van der Waals surface area contributed by atoms with Gasteiger partial charge in [0.05, 0.1) is 5.69 Å². The number of rotatable bonds is 3. The number of benzene rings is 1. The highest BCUT2D eigenvalue weighted by Gasteiger charge is 2.28. The maximum absolute atomic E-state index is 12.6. The Morgan fingerprint density at radius 3 is 2.44 bits per heavy atom. The Bertz CT molecular complexity index is 546. The van der Waals surface area contributed by atoms with Crippen LogP contribution in [0, 0.1) is 6.92 Å². The number of aryl methyl sites for hydroxylation is 2. The first-order chi connectivity index (χ1) is 8.35. The van der Waals surface area contributed by atoms with Gasteiger partial charge in [-0.05, 0) is 12.5 Å². The van der Waals surface area contributed by atoms with Gasteiger partial charge in [0, 0.05) is 29.0 Å². The molecule has 6 heteroatoms. The van der Waals surface area contributed by atoms with Crippen molar-refractivity contribution in [3.05, 3.63) is 35.9 Å². The maximum atomic E-state index is 12.6. The Kier molecular flexibility index (Phi) is 3.38. The van der Waals surface area contributed by atoms with E-state index in [1.54, 1.807) is 7.05 Å². The average molecular weight is 317 g/mol. The highest BCUT2D eigenvalue weighted by molar-refractivity contribution is 9.09. The zero-order valence-corrected chi connectivity index (χ0v) is 11.4. The smallest absolute Gasteiger partial charge is 0.404 e. The Labute approximate surface area is 112 Å². The second kappa shape index (κ2) is 4.68. The fraction of sp³-hybridized carbons (Fsp3) is 0.250. The molecule has 0 N–H and O–H groups in total. The molecule has 96 valence electrons. The molecule has 2 rings (SSSR count). The maximum Gasteiger partial charge on any atom is 0.460 e. The highest BCUT2D eigenvalue weighted by Crippen LogP contribution is 2.29. The fourth-order valence-corrected chi connectivity index (χ4v) is 1.77. The van der Waals surface area contributed by atoms with E-state index in [2.05, 4.69) is 25.8 Å². The van der Waals surface area contributed by atoms with Crippen molar-refractivity contribution in [3.8, 4) is 17.1 Å². The van der Waals surface area contributed by atoms with Crippen molar-refractivity contribution in [1.82, 2.24) is 9.78 Å². The fourth-order valence-electron chi connectivity index (χ4n) is 1.60. The third-order valence-corrected chi connectivity index (χ3v) is 2.59. The van der Waals surface area contributed by atoms with E-state index in [1.165, 1.54) is 10.7 Å². The predicted octanol–water partition coefficient (Wildman–Crippen LogP) is 3.72. The zero-order valence-electron chi connectivity index (χ0n) is 9.82. The second-order valence-corrected chi connectivity index (χ2v) is 4.83. The summed E-state index contributed by atoms with van der Waals surface area (Å²) < 4.78 is 31.2. The molecule has 18 heavy (non-hydrogen) atoms. The van der Waals surface area contributed by atoms with Crippen molar-refractivity contribution in [1.29, 1.82) is 0 Å². The van der Waals surface area contributed by atoms with Gasteiger partial charge >= 0.3 is 5.02 Å². The molecule has 0 spiro atoms. The van der Waals surface area contributed by atoms with Gasteiger partial charge in [0.2, 0.25) is 5.88 Å². The number of hydrogen-bond donors (Lipinski definition) is 0. The predicted molar refractivity (Wildman–Crippen MR) is 67.9 cm³/mol. The van der Waals surface area contributed by atoms with Gasteiger partial charge < -0.3 is 4.74 Å². The van der Waals surface area contributed by atoms with Crippen LogP contribution in [0.4, 0.5) is 8.78 Å². The molecule has 0 aliphatic heterocycles. The molecule has 0 fully saturated rings. The molecule has 0 unspecified atom stereocenters. The van der Waals surface area contributed by atoms with Gasteiger partial charge in [0.15, 0.2) is 0 Å². The van der Waals surface area contributed by atoms with E-state index in [1.807, 2.05) is 31.2 Å². The molecule has 0 bridgehead atoms. The molecule has 0 atom stereocenters. The Morgan fingerprint density at radius 2 is 1.89 bits per heavy atom. The van der Waals surface area contributed by atoms with Crippen molar-refractivity contribution in [2.24, 2.45) is 7.05 Å². The zero-order chi connectivity index (χ0) is 13.3. The van der Waals surface area contributed by atoms with Crippen molar-refractivity contribution in [3.63, 3.8) is 0 Å². The van der Waals surface area contributed by atoms with E-state index in [4.69, 9.17) is 0 Å². The van der Waals surface area contributed by atoms with Crippen LogP contribution < -0.4 is 4.74 Å². The Hall–Kier alpha value is -1.43. The van der Waals surface area contributed by atoms with Crippen LogP contribution in [0.1, 0.15) is 5.56 Å². The number of halogens is 3. The average Bonchev–Trinajstić information content (AvgIpc) is 2.58. The summed E-state index contributed by atoms with van der Waals surface area (Å²) >= 11 is 2.11. The van der Waals surface area contributed by atoms with Crippen LogP contribution in [0.3, 0.4) is 0 Å². The second-order valence-electron chi connectivity index (χ2n) is 3.91. The van der Waals surface area contributed by atoms with Gasteiger partial charge in [0.25, 0.3) is 0 Å². The van der Waals surface area contributed by atoms with Gasteiger partial charge in [-0.2, -0.15) is 8.78 Å². The van der Waals surface area contributed by atoms with E-state index in [0.717, 1.165) is 11.1 Å². The summed E-state index contributed by atoms with van der Waals surface area (Å²) in [6.07, 6.45) is 0. The van der Waals surface area contributed by atoms with Crippen molar-refractivity contribution in [2.45, 2.75) is 11.9 Å². The molecule has 3 nitrogen and oxygen atoms in total. The lowest BCUT2D eigenvalue weighted by atomic mass is 10.1. The standard InChI is InChI=1S/C12H11BrF2N2O/c1-8-3-5-9(6-4-8)10-7-11(16-17(10)2)18-12(13,14)15/h3-7H,1-2H3. The van der Waals surface area contributed by atoms with Crippen LogP contribution in [-0.2, 0) is 7.05 Å². The van der Waals surface area contributed by atoms with Gasteiger partial charge in [-0.1, -0.05) is 29.8 Å². The van der Waals surface area contributed by atoms with Gasteiger partial charge in [0.1, 0.15) is 0 Å². The largest absolute Gasteiger partial charge is 0.460 e. The van der Waals surface area contributed by atoms with Crippen molar-refractivity contribution < 1.29 is 13.5 Å². The van der Waals surface area contributed by atoms with Crippen LogP contribution in [0.2, 0.25) is 0 Å². The number of aromatic nitrogens is 2. The molecule has 0 aliphatic carbocycles. The summed E-state index contributed by atoms with van der Waals surface area (Å²) in [4.78, 5) is 0. The van der Waals surface area contributed by atoms with Crippen LogP contribution in [0.25, 0.3) is 11.3 Å². The van der Waals surface area contributed by atoms with Crippen LogP contribution >= 0.6 is 15.9 Å². The third-order valence-electron chi connectivity index (χ3n) is 2.43. The molecule has 2 aromatic rings. The monoisotopic (exact) mass is 316 g/mol. The molecular formula is C12H11BrF2N2O. The summed E-state index contributed by atoms with van der Waals surface area (Å²) in [5.41, 5.74) is 2.73. The van der Waals surface area contributed by atoms with Gasteiger partial charge in [-0.3, -0.25) is 4.68 Å². The SMILES string of the molecule is Cc1ccc(-c2cc(OC(F)(F)Br)nn2C)cc1. The minimum atomic E-state index is -3.41. The Balaban J connectivity index is 2.32. The summed E-state index contributed by atoms with van der Waals surface area (Å²) in [7, 11) is 1.68. The van der Waals surface area contributed by atoms with E-state index < -0.39 is 5.02 Å². The van der Waals surface area contributed by atoms with Crippen LogP contribution in [0.15, 0.2) is 30.3 Å². The molecule has 1 heterocycles. The number of nitrogens with zero attached hydrogens (tertiary/aromatic N) is 2. The molecule has 0 saturated heterocycles. The van der Waals surface area contributed by atoms with Crippen LogP contribution in [-0.4, -0.2) is 14.8 Å². The topological polar surface area (TPSA) is 27.1 Å². The molecule has 1 aromatic carbocycles. The normalized spacial score (nSPS) is 11.6. The molecule has 0 amide bonds. The first-order valence-electron chi connectivity index (χ1n) is 5.22. The molecule has 0 radical (unpaired) electrons. The van der Waals surface area contributed by atoms with E-state index in [-0.39, 0.29) is 5.88 Å². The van der Waals surface area contributed by atoms with Crippen molar-refractivity contribution >= 4 is 15.9 Å². The molecular weight excluding hydrogens is 306 g/mol. The van der Waals surface area contributed by atoms with Crippen LogP contribution in [0.5, 0.6) is 5.88 Å². The summed E-state index contributed by atoms with van der Waals surface area (Å²) in [6.45, 7) is 1.98. The molecule has 1 aromatic heterocycles.